The lowest BCUT2D eigenvalue weighted by Crippen LogP contribution is -2.02. The van der Waals surface area contributed by atoms with E-state index in [2.05, 4.69) is 36.8 Å². The molecular weight excluding hydrogens is 184 g/mol. The van der Waals surface area contributed by atoms with Gasteiger partial charge in [-0.05, 0) is 28.7 Å². The van der Waals surface area contributed by atoms with E-state index < -0.39 is 0 Å². The van der Waals surface area contributed by atoms with Gasteiger partial charge in [-0.2, -0.15) is 0 Å². The van der Waals surface area contributed by atoms with Crippen molar-refractivity contribution in [2.45, 2.75) is 6.92 Å². The fourth-order valence-corrected chi connectivity index (χ4v) is 1.76. The number of aliphatic hydroxyl groups is 1. The second kappa shape index (κ2) is 4.45. The number of rotatable bonds is 3. The zero-order chi connectivity index (χ0) is 10.7. The molecule has 1 atom stereocenters. The number of benzene rings is 2. The Morgan fingerprint density at radius 3 is 2.67 bits per heavy atom. The van der Waals surface area contributed by atoms with Crippen LogP contribution in [0.4, 0.5) is 0 Å². The Bertz CT molecular complexity index is 443. The quantitative estimate of drug-likeness (QED) is 0.805. The molecule has 0 fully saturated rings. The summed E-state index contributed by atoms with van der Waals surface area (Å²) in [5.74, 6) is 0.204. The lowest BCUT2D eigenvalue weighted by atomic mass is 9.96. The maximum absolute atomic E-state index is 9.04. The van der Waals surface area contributed by atoms with E-state index in [1.807, 2.05) is 19.1 Å². The van der Waals surface area contributed by atoms with Crippen LogP contribution >= 0.6 is 0 Å². The molecule has 0 bridgehead atoms. The van der Waals surface area contributed by atoms with Crippen molar-refractivity contribution in [1.82, 2.24) is 0 Å². The number of hydrogen-bond acceptors (Lipinski definition) is 1. The van der Waals surface area contributed by atoms with Gasteiger partial charge >= 0.3 is 0 Å². The minimum atomic E-state index is 0.198. The van der Waals surface area contributed by atoms with E-state index in [0.717, 1.165) is 0 Å². The number of fused-ring (bicyclic) bond motifs is 1. The van der Waals surface area contributed by atoms with E-state index in [4.69, 9.17) is 5.11 Å². The summed E-state index contributed by atoms with van der Waals surface area (Å²) in [6.45, 7) is 2.21. The van der Waals surface area contributed by atoms with Crippen LogP contribution < -0.4 is 0 Å². The molecule has 0 saturated carbocycles. The van der Waals surface area contributed by atoms with Crippen LogP contribution in [0.25, 0.3) is 10.8 Å². The molecular formula is C14H15O. The Balaban J connectivity index is 2.42. The van der Waals surface area contributed by atoms with Crippen molar-refractivity contribution < 1.29 is 5.11 Å². The molecule has 15 heavy (non-hydrogen) atoms. The standard InChI is InChI=1S/C14H15O/c1-11(10-15)9-13-7-4-6-12-5-2-3-8-14(12)13/h2-9,11,15H,10H2,1H3. The average molecular weight is 199 g/mol. The first-order valence-electron chi connectivity index (χ1n) is 5.25. The summed E-state index contributed by atoms with van der Waals surface area (Å²) in [5, 5.41) is 11.5. The van der Waals surface area contributed by atoms with Gasteiger partial charge in [0.15, 0.2) is 0 Å². The van der Waals surface area contributed by atoms with E-state index in [1.165, 1.54) is 16.3 Å². The first kappa shape index (κ1) is 10.2. The average Bonchev–Trinajstić information content (AvgIpc) is 2.29. The highest BCUT2D eigenvalue weighted by Crippen LogP contribution is 2.22. The van der Waals surface area contributed by atoms with Gasteiger partial charge < -0.3 is 5.11 Å². The van der Waals surface area contributed by atoms with Crippen molar-refractivity contribution >= 4 is 10.8 Å². The van der Waals surface area contributed by atoms with Crippen molar-refractivity contribution in [3.05, 3.63) is 54.4 Å². The first-order chi connectivity index (χ1) is 7.31. The zero-order valence-electron chi connectivity index (χ0n) is 8.85. The predicted molar refractivity (Wildman–Crippen MR) is 63.6 cm³/mol. The molecule has 0 aromatic heterocycles. The third kappa shape index (κ3) is 2.18. The lowest BCUT2D eigenvalue weighted by Gasteiger charge is -2.09. The van der Waals surface area contributed by atoms with Crippen LogP contribution in [0.1, 0.15) is 12.5 Å². The molecule has 2 aromatic carbocycles. The molecule has 2 aromatic rings. The van der Waals surface area contributed by atoms with Gasteiger partial charge in [-0.1, -0.05) is 49.4 Å². The van der Waals surface area contributed by atoms with Gasteiger partial charge in [-0.15, -0.1) is 0 Å². The normalized spacial score (nSPS) is 12.9. The zero-order valence-corrected chi connectivity index (χ0v) is 8.85. The summed E-state index contributed by atoms with van der Waals surface area (Å²) in [6.07, 6.45) is 2.11. The number of aliphatic hydroxyl groups excluding tert-OH is 1. The Hall–Kier alpha value is -1.34. The molecule has 0 aliphatic carbocycles. The van der Waals surface area contributed by atoms with E-state index in [1.54, 1.807) is 0 Å². The van der Waals surface area contributed by atoms with Gasteiger partial charge in [0.2, 0.25) is 0 Å². The van der Waals surface area contributed by atoms with E-state index >= 15 is 0 Å². The Morgan fingerprint density at radius 2 is 1.87 bits per heavy atom. The monoisotopic (exact) mass is 199 g/mol. The van der Waals surface area contributed by atoms with Gasteiger partial charge in [0.05, 0.1) is 0 Å². The highest BCUT2D eigenvalue weighted by atomic mass is 16.3. The summed E-state index contributed by atoms with van der Waals surface area (Å²) >= 11 is 0. The van der Waals surface area contributed by atoms with Crippen LogP contribution in [0.15, 0.2) is 42.5 Å². The van der Waals surface area contributed by atoms with Crippen molar-refractivity contribution in [3.8, 4) is 0 Å². The second-order valence-electron chi connectivity index (χ2n) is 3.89. The molecule has 1 heteroatoms. The van der Waals surface area contributed by atoms with E-state index in [-0.39, 0.29) is 12.5 Å². The third-order valence-electron chi connectivity index (χ3n) is 2.58. The highest BCUT2D eigenvalue weighted by Gasteiger charge is 2.05. The van der Waals surface area contributed by atoms with Gasteiger partial charge in [0.25, 0.3) is 0 Å². The van der Waals surface area contributed by atoms with E-state index in [9.17, 15) is 0 Å². The smallest absolute Gasteiger partial charge is 0.0462 e. The van der Waals surface area contributed by atoms with Crippen molar-refractivity contribution in [2.75, 3.05) is 6.61 Å². The molecule has 1 nitrogen and oxygen atoms in total. The van der Waals surface area contributed by atoms with Gasteiger partial charge in [-0.3, -0.25) is 0 Å². The van der Waals surface area contributed by atoms with Crippen molar-refractivity contribution in [1.29, 1.82) is 0 Å². The fourth-order valence-electron chi connectivity index (χ4n) is 1.76. The molecule has 1 N–H and O–H groups in total. The molecule has 0 aliphatic rings. The van der Waals surface area contributed by atoms with Crippen LogP contribution in [-0.4, -0.2) is 11.7 Å². The Labute approximate surface area is 90.4 Å². The van der Waals surface area contributed by atoms with Crippen molar-refractivity contribution in [3.63, 3.8) is 0 Å². The molecule has 0 saturated heterocycles. The van der Waals surface area contributed by atoms with Crippen LogP contribution in [0.5, 0.6) is 0 Å². The van der Waals surface area contributed by atoms with Crippen LogP contribution in [0, 0.1) is 12.3 Å². The maximum atomic E-state index is 9.04. The molecule has 1 unspecified atom stereocenters. The summed E-state index contributed by atoms with van der Waals surface area (Å²) in [7, 11) is 0. The molecule has 0 amide bonds. The summed E-state index contributed by atoms with van der Waals surface area (Å²) in [4.78, 5) is 0. The molecule has 1 radical (unpaired) electrons. The lowest BCUT2D eigenvalue weighted by molar-refractivity contribution is 0.256. The first-order valence-corrected chi connectivity index (χ1v) is 5.25. The Morgan fingerprint density at radius 1 is 1.13 bits per heavy atom. The summed E-state index contributed by atoms with van der Waals surface area (Å²) < 4.78 is 0. The van der Waals surface area contributed by atoms with Crippen LogP contribution in [0.2, 0.25) is 0 Å². The maximum Gasteiger partial charge on any atom is 0.0462 e. The largest absolute Gasteiger partial charge is 0.396 e. The predicted octanol–water partition coefficient (Wildman–Crippen LogP) is 3.02. The molecule has 2 rings (SSSR count). The molecule has 0 aliphatic heterocycles. The van der Waals surface area contributed by atoms with Crippen LogP contribution in [-0.2, 0) is 0 Å². The third-order valence-corrected chi connectivity index (χ3v) is 2.58. The minimum absolute atomic E-state index is 0.198. The van der Waals surface area contributed by atoms with E-state index in [0.29, 0.717) is 0 Å². The van der Waals surface area contributed by atoms with Crippen molar-refractivity contribution in [2.24, 2.45) is 5.92 Å². The van der Waals surface area contributed by atoms with Crippen LogP contribution in [0.3, 0.4) is 0 Å². The van der Waals surface area contributed by atoms with Gasteiger partial charge in [0.1, 0.15) is 0 Å². The SMILES string of the molecule is CC([CH]c1cccc2ccccc12)CO. The number of hydrogen-bond donors (Lipinski definition) is 1. The fraction of sp³-hybridized carbons (Fsp3) is 0.214. The van der Waals surface area contributed by atoms with Gasteiger partial charge in [0, 0.05) is 6.61 Å². The molecule has 77 valence electrons. The second-order valence-corrected chi connectivity index (χ2v) is 3.89. The molecule has 0 spiro atoms. The topological polar surface area (TPSA) is 20.2 Å². The Kier molecular flexibility index (Phi) is 3.02. The summed E-state index contributed by atoms with van der Waals surface area (Å²) in [6, 6.07) is 14.6. The summed E-state index contributed by atoms with van der Waals surface area (Å²) in [5.41, 5.74) is 1.20. The van der Waals surface area contributed by atoms with Gasteiger partial charge in [-0.25, -0.2) is 0 Å². The highest BCUT2D eigenvalue weighted by molar-refractivity contribution is 5.86. The minimum Gasteiger partial charge on any atom is -0.396 e. The molecule has 0 heterocycles.